The Morgan fingerprint density at radius 3 is 2.40 bits per heavy atom. The van der Waals surface area contributed by atoms with Gasteiger partial charge in [-0.1, -0.05) is 17.7 Å². The van der Waals surface area contributed by atoms with Gasteiger partial charge in [-0.05, 0) is 30.3 Å². The van der Waals surface area contributed by atoms with Crippen molar-refractivity contribution in [2.75, 3.05) is 11.1 Å². The minimum absolute atomic E-state index is 0.0186. The van der Waals surface area contributed by atoms with Gasteiger partial charge < -0.3 is 11.1 Å². The summed E-state index contributed by atoms with van der Waals surface area (Å²) in [6, 6.07) is 7.01. The molecule has 0 saturated carbocycles. The fourth-order valence-corrected chi connectivity index (χ4v) is 1.87. The molecule has 3 N–H and O–H groups in total. The van der Waals surface area contributed by atoms with Crippen molar-refractivity contribution in [1.82, 2.24) is 0 Å². The molecule has 2 aromatic rings. The first-order chi connectivity index (χ1) is 9.29. The molecule has 0 amide bonds. The van der Waals surface area contributed by atoms with Gasteiger partial charge in [0.25, 0.3) is 0 Å². The smallest absolute Gasteiger partial charge is 0.399 e. The van der Waals surface area contributed by atoms with Crippen molar-refractivity contribution in [3.8, 4) is 0 Å². The van der Waals surface area contributed by atoms with Gasteiger partial charge in [0.15, 0.2) is 0 Å². The standard InChI is InChI=1S/C13H9ClF4N2/c14-9-2-1-3-10(15)12(9)20-11-5-4-7(19)6-8(11)13(16,17)18/h1-6,20H,19H2. The predicted molar refractivity (Wildman–Crippen MR) is 70.5 cm³/mol. The van der Waals surface area contributed by atoms with E-state index in [1.54, 1.807) is 0 Å². The van der Waals surface area contributed by atoms with Crippen LogP contribution in [0.2, 0.25) is 5.02 Å². The first-order valence-electron chi connectivity index (χ1n) is 5.47. The number of hydrogen-bond acceptors (Lipinski definition) is 2. The van der Waals surface area contributed by atoms with Crippen LogP contribution in [0.1, 0.15) is 5.56 Å². The summed E-state index contributed by atoms with van der Waals surface area (Å²) in [5.41, 5.74) is 3.78. The Hall–Kier alpha value is -1.95. The zero-order valence-corrected chi connectivity index (χ0v) is 10.7. The van der Waals surface area contributed by atoms with E-state index in [9.17, 15) is 17.6 Å². The number of hydrogen-bond donors (Lipinski definition) is 2. The van der Waals surface area contributed by atoms with Gasteiger partial charge in [-0.25, -0.2) is 4.39 Å². The lowest BCUT2D eigenvalue weighted by atomic mass is 10.1. The number of rotatable bonds is 2. The Kier molecular flexibility index (Phi) is 3.76. The Morgan fingerprint density at radius 1 is 1.10 bits per heavy atom. The maximum absolute atomic E-state index is 13.6. The molecule has 0 unspecified atom stereocenters. The Balaban J connectivity index is 2.49. The van der Waals surface area contributed by atoms with E-state index in [4.69, 9.17) is 17.3 Å². The number of alkyl halides is 3. The van der Waals surface area contributed by atoms with E-state index >= 15 is 0 Å². The molecule has 0 saturated heterocycles. The summed E-state index contributed by atoms with van der Waals surface area (Å²) in [6.45, 7) is 0. The van der Waals surface area contributed by atoms with Gasteiger partial charge in [-0.15, -0.1) is 0 Å². The predicted octanol–water partition coefficient (Wildman–Crippen LogP) is 4.82. The summed E-state index contributed by atoms with van der Waals surface area (Å²) in [5.74, 6) is -0.748. The van der Waals surface area contributed by atoms with E-state index in [2.05, 4.69) is 5.32 Å². The molecule has 0 fully saturated rings. The van der Waals surface area contributed by atoms with E-state index in [1.807, 2.05) is 0 Å². The summed E-state index contributed by atoms with van der Waals surface area (Å²) in [5, 5.41) is 2.34. The molecule has 0 spiro atoms. The van der Waals surface area contributed by atoms with Crippen LogP contribution in [0.3, 0.4) is 0 Å². The molecular formula is C13H9ClF4N2. The molecule has 0 aliphatic carbocycles. The van der Waals surface area contributed by atoms with Crippen molar-refractivity contribution in [1.29, 1.82) is 0 Å². The van der Waals surface area contributed by atoms with Crippen LogP contribution in [-0.2, 0) is 6.18 Å². The maximum Gasteiger partial charge on any atom is 0.418 e. The number of nitrogen functional groups attached to an aromatic ring is 1. The quantitative estimate of drug-likeness (QED) is 0.616. The first-order valence-corrected chi connectivity index (χ1v) is 5.84. The van der Waals surface area contributed by atoms with Gasteiger partial charge in [0, 0.05) is 5.69 Å². The van der Waals surface area contributed by atoms with Gasteiger partial charge in [-0.3, -0.25) is 0 Å². The zero-order chi connectivity index (χ0) is 14.9. The monoisotopic (exact) mass is 304 g/mol. The van der Waals surface area contributed by atoms with Crippen LogP contribution in [0.5, 0.6) is 0 Å². The van der Waals surface area contributed by atoms with Crippen molar-refractivity contribution >= 4 is 28.7 Å². The fraction of sp³-hybridized carbons (Fsp3) is 0.0769. The third kappa shape index (κ3) is 2.96. The van der Waals surface area contributed by atoms with Crippen molar-refractivity contribution in [3.63, 3.8) is 0 Å². The highest BCUT2D eigenvalue weighted by Crippen LogP contribution is 2.38. The van der Waals surface area contributed by atoms with Crippen molar-refractivity contribution in [2.24, 2.45) is 0 Å². The van der Waals surface area contributed by atoms with E-state index in [-0.39, 0.29) is 22.1 Å². The minimum atomic E-state index is -4.62. The fourth-order valence-electron chi connectivity index (χ4n) is 1.66. The van der Waals surface area contributed by atoms with Crippen molar-refractivity contribution in [3.05, 3.63) is 52.8 Å². The molecule has 20 heavy (non-hydrogen) atoms. The van der Waals surface area contributed by atoms with Gasteiger partial charge in [0.05, 0.1) is 22.0 Å². The summed E-state index contributed by atoms with van der Waals surface area (Å²) in [4.78, 5) is 0. The van der Waals surface area contributed by atoms with Crippen LogP contribution in [0.15, 0.2) is 36.4 Å². The molecule has 0 atom stereocenters. The topological polar surface area (TPSA) is 38.0 Å². The molecular weight excluding hydrogens is 296 g/mol. The Morgan fingerprint density at radius 2 is 1.80 bits per heavy atom. The minimum Gasteiger partial charge on any atom is -0.399 e. The lowest BCUT2D eigenvalue weighted by molar-refractivity contribution is -0.136. The number of para-hydroxylation sites is 1. The highest BCUT2D eigenvalue weighted by atomic mass is 35.5. The molecule has 2 nitrogen and oxygen atoms in total. The van der Waals surface area contributed by atoms with Crippen molar-refractivity contribution in [2.45, 2.75) is 6.18 Å². The van der Waals surface area contributed by atoms with E-state index < -0.39 is 17.6 Å². The van der Waals surface area contributed by atoms with Gasteiger partial charge in [-0.2, -0.15) is 13.2 Å². The van der Waals surface area contributed by atoms with Crippen LogP contribution in [0.4, 0.5) is 34.6 Å². The zero-order valence-electron chi connectivity index (χ0n) is 9.93. The summed E-state index contributed by atoms with van der Waals surface area (Å²) < 4.78 is 52.3. The van der Waals surface area contributed by atoms with E-state index in [0.717, 1.165) is 18.2 Å². The third-order valence-electron chi connectivity index (χ3n) is 2.57. The average molecular weight is 305 g/mol. The van der Waals surface area contributed by atoms with Crippen LogP contribution in [0, 0.1) is 5.82 Å². The molecule has 7 heteroatoms. The second-order valence-electron chi connectivity index (χ2n) is 4.02. The lowest BCUT2D eigenvalue weighted by Gasteiger charge is -2.16. The summed E-state index contributed by atoms with van der Waals surface area (Å²) in [7, 11) is 0. The van der Waals surface area contributed by atoms with Crippen molar-refractivity contribution < 1.29 is 17.6 Å². The third-order valence-corrected chi connectivity index (χ3v) is 2.89. The number of anilines is 3. The molecule has 0 heterocycles. The highest BCUT2D eigenvalue weighted by molar-refractivity contribution is 6.33. The Bertz CT molecular complexity index is 621. The molecule has 0 aliphatic heterocycles. The Labute approximate surface area is 117 Å². The largest absolute Gasteiger partial charge is 0.418 e. The number of nitrogens with two attached hydrogens (primary N) is 1. The molecule has 106 valence electrons. The summed E-state index contributed by atoms with van der Waals surface area (Å²) in [6.07, 6.45) is -4.62. The van der Waals surface area contributed by atoms with Crippen LogP contribution >= 0.6 is 11.6 Å². The lowest BCUT2D eigenvalue weighted by Crippen LogP contribution is -2.10. The normalized spacial score (nSPS) is 11.4. The van der Waals surface area contributed by atoms with Crippen LogP contribution in [-0.4, -0.2) is 0 Å². The first kappa shape index (κ1) is 14.5. The second-order valence-corrected chi connectivity index (χ2v) is 4.43. The number of halogens is 5. The van der Waals surface area contributed by atoms with E-state index in [1.165, 1.54) is 18.2 Å². The van der Waals surface area contributed by atoms with Gasteiger partial charge in [0.1, 0.15) is 5.82 Å². The highest BCUT2D eigenvalue weighted by Gasteiger charge is 2.34. The molecule has 0 bridgehead atoms. The summed E-state index contributed by atoms with van der Waals surface area (Å²) >= 11 is 5.77. The molecule has 2 aromatic carbocycles. The maximum atomic E-state index is 13.6. The average Bonchev–Trinajstić information content (AvgIpc) is 2.34. The number of nitrogens with one attached hydrogen (secondary N) is 1. The molecule has 2 rings (SSSR count). The van der Waals surface area contributed by atoms with Crippen LogP contribution < -0.4 is 11.1 Å². The van der Waals surface area contributed by atoms with Crippen LogP contribution in [0.25, 0.3) is 0 Å². The second kappa shape index (κ2) is 5.20. The van der Waals surface area contributed by atoms with Gasteiger partial charge >= 0.3 is 6.18 Å². The van der Waals surface area contributed by atoms with Gasteiger partial charge in [0.2, 0.25) is 0 Å². The molecule has 0 aliphatic rings. The number of benzene rings is 2. The SMILES string of the molecule is Nc1ccc(Nc2c(F)cccc2Cl)c(C(F)(F)F)c1. The van der Waals surface area contributed by atoms with E-state index in [0.29, 0.717) is 0 Å². The molecule has 0 radical (unpaired) electrons. The molecule has 0 aromatic heterocycles.